The van der Waals surface area contributed by atoms with Gasteiger partial charge in [-0.2, -0.15) is 12.6 Å². The van der Waals surface area contributed by atoms with Gasteiger partial charge in [-0.05, 0) is 6.07 Å². The number of thiol groups is 1. The van der Waals surface area contributed by atoms with E-state index in [1.54, 1.807) is 24.3 Å². The number of para-hydroxylation sites is 1. The summed E-state index contributed by atoms with van der Waals surface area (Å²) in [5, 5.41) is 18.4. The van der Waals surface area contributed by atoms with E-state index in [0.29, 0.717) is 11.3 Å². The van der Waals surface area contributed by atoms with Crippen molar-refractivity contribution in [2.24, 2.45) is 0 Å². The van der Waals surface area contributed by atoms with Gasteiger partial charge in [-0.3, -0.25) is 0 Å². The molecular weight excluding hydrogens is 172 g/mol. The molecule has 1 rings (SSSR count). The topological polar surface area (TPSA) is 40.5 Å². The van der Waals surface area contributed by atoms with Crippen molar-refractivity contribution in [2.45, 2.75) is 0 Å². The molecule has 0 fully saturated rings. The van der Waals surface area contributed by atoms with Crippen LogP contribution in [0.15, 0.2) is 24.3 Å². The normalized spacial score (nSPS) is 10.8. The van der Waals surface area contributed by atoms with Gasteiger partial charge in [-0.1, -0.05) is 24.3 Å². The van der Waals surface area contributed by atoms with Gasteiger partial charge in [0.15, 0.2) is 11.5 Å². The van der Waals surface area contributed by atoms with Crippen molar-refractivity contribution in [3.8, 4) is 11.5 Å². The Morgan fingerprint density at radius 1 is 1.33 bits per heavy atom. The number of rotatable bonds is 2. The fourth-order valence-corrected chi connectivity index (χ4v) is 0.968. The Bertz CT molecular complexity index is 295. The van der Waals surface area contributed by atoms with Crippen molar-refractivity contribution < 1.29 is 10.2 Å². The van der Waals surface area contributed by atoms with Gasteiger partial charge >= 0.3 is 0 Å². The summed E-state index contributed by atoms with van der Waals surface area (Å²) in [6, 6.07) is 4.83. The summed E-state index contributed by atoms with van der Waals surface area (Å²) in [4.78, 5) is 0. The van der Waals surface area contributed by atoms with E-state index in [1.165, 1.54) is 6.07 Å². The van der Waals surface area contributed by atoms with Crippen LogP contribution < -0.4 is 0 Å². The molecule has 0 saturated heterocycles. The third-order valence-electron chi connectivity index (χ3n) is 1.45. The highest BCUT2D eigenvalue weighted by atomic mass is 32.1. The zero-order valence-electron chi connectivity index (χ0n) is 6.44. The number of phenolic OH excluding ortho intramolecular Hbond substituents is 2. The van der Waals surface area contributed by atoms with Gasteiger partial charge in [0, 0.05) is 11.3 Å². The van der Waals surface area contributed by atoms with Crippen molar-refractivity contribution in [3.63, 3.8) is 0 Å². The maximum absolute atomic E-state index is 9.30. The summed E-state index contributed by atoms with van der Waals surface area (Å²) < 4.78 is 0. The molecule has 0 atom stereocenters. The summed E-state index contributed by atoms with van der Waals surface area (Å²) in [6.45, 7) is 0. The highest BCUT2D eigenvalue weighted by Crippen LogP contribution is 2.28. The lowest BCUT2D eigenvalue weighted by molar-refractivity contribution is 0.403. The standard InChI is InChI=1S/C9H10O2S/c10-8-5-1-3-7(9(8)11)4-2-6-12/h1-5,10-12H,6H2. The summed E-state index contributed by atoms with van der Waals surface area (Å²) in [5.41, 5.74) is 0.601. The molecule has 3 heteroatoms. The van der Waals surface area contributed by atoms with Gasteiger partial charge < -0.3 is 10.2 Å². The maximum atomic E-state index is 9.30. The summed E-state index contributed by atoms with van der Waals surface area (Å²) >= 11 is 3.98. The van der Waals surface area contributed by atoms with Crippen LogP contribution in [0.1, 0.15) is 5.56 Å². The molecule has 12 heavy (non-hydrogen) atoms. The molecule has 0 amide bonds. The fourth-order valence-electron chi connectivity index (χ4n) is 0.863. The van der Waals surface area contributed by atoms with E-state index in [2.05, 4.69) is 12.6 Å². The Morgan fingerprint density at radius 3 is 2.75 bits per heavy atom. The third kappa shape index (κ3) is 1.95. The molecule has 2 nitrogen and oxygen atoms in total. The van der Waals surface area contributed by atoms with Crippen LogP contribution in [0.5, 0.6) is 11.5 Å². The maximum Gasteiger partial charge on any atom is 0.164 e. The highest BCUT2D eigenvalue weighted by Gasteiger charge is 2.00. The second-order valence-electron chi connectivity index (χ2n) is 2.30. The SMILES string of the molecule is Oc1cccc(C=CCS)c1O. The number of benzene rings is 1. The first-order valence-electron chi connectivity index (χ1n) is 3.54. The van der Waals surface area contributed by atoms with Crippen molar-refractivity contribution in [3.05, 3.63) is 29.8 Å². The predicted molar refractivity (Wildman–Crippen MR) is 52.7 cm³/mol. The summed E-state index contributed by atoms with van der Waals surface area (Å²) in [6.07, 6.45) is 3.50. The molecule has 0 aliphatic carbocycles. The smallest absolute Gasteiger partial charge is 0.164 e. The molecular formula is C9H10O2S. The van der Waals surface area contributed by atoms with Gasteiger partial charge in [0.05, 0.1) is 0 Å². The van der Waals surface area contributed by atoms with E-state index >= 15 is 0 Å². The molecule has 0 heterocycles. The van der Waals surface area contributed by atoms with Crippen LogP contribution >= 0.6 is 12.6 Å². The molecule has 1 aromatic carbocycles. The molecule has 2 N–H and O–H groups in total. The lowest BCUT2D eigenvalue weighted by Gasteiger charge is -1.99. The Morgan fingerprint density at radius 2 is 2.08 bits per heavy atom. The minimum absolute atomic E-state index is 0.0875. The molecule has 1 aromatic rings. The van der Waals surface area contributed by atoms with Crippen molar-refractivity contribution >= 4 is 18.7 Å². The average molecular weight is 182 g/mol. The fraction of sp³-hybridized carbons (Fsp3) is 0.111. The van der Waals surface area contributed by atoms with Gasteiger partial charge in [-0.25, -0.2) is 0 Å². The molecule has 0 radical (unpaired) electrons. The first-order chi connectivity index (χ1) is 5.75. The van der Waals surface area contributed by atoms with Gasteiger partial charge in [-0.15, -0.1) is 0 Å². The Hall–Kier alpha value is -1.09. The second-order valence-corrected chi connectivity index (χ2v) is 2.67. The molecule has 0 aliphatic rings. The second kappa shape index (κ2) is 4.07. The number of aromatic hydroxyl groups is 2. The lowest BCUT2D eigenvalue weighted by Crippen LogP contribution is -1.75. The Kier molecular flexibility index (Phi) is 3.05. The van der Waals surface area contributed by atoms with Crippen LogP contribution in [0.25, 0.3) is 6.08 Å². The molecule has 0 aromatic heterocycles. The van der Waals surface area contributed by atoms with Crippen LogP contribution in [0.4, 0.5) is 0 Å². The molecule has 0 unspecified atom stereocenters. The molecule has 0 aliphatic heterocycles. The van der Waals surface area contributed by atoms with E-state index in [9.17, 15) is 5.11 Å². The lowest BCUT2D eigenvalue weighted by atomic mass is 10.2. The van der Waals surface area contributed by atoms with Crippen LogP contribution in [-0.2, 0) is 0 Å². The third-order valence-corrected chi connectivity index (χ3v) is 1.66. The number of hydrogen-bond acceptors (Lipinski definition) is 3. The number of hydrogen-bond donors (Lipinski definition) is 3. The minimum Gasteiger partial charge on any atom is -0.504 e. The van der Waals surface area contributed by atoms with Gasteiger partial charge in [0.2, 0.25) is 0 Å². The molecule has 64 valence electrons. The van der Waals surface area contributed by atoms with E-state index in [-0.39, 0.29) is 11.5 Å². The van der Waals surface area contributed by atoms with Crippen LogP contribution in [0.2, 0.25) is 0 Å². The van der Waals surface area contributed by atoms with Gasteiger partial charge in [0.25, 0.3) is 0 Å². The van der Waals surface area contributed by atoms with Crippen LogP contribution in [0.3, 0.4) is 0 Å². The van der Waals surface area contributed by atoms with E-state index in [4.69, 9.17) is 5.11 Å². The van der Waals surface area contributed by atoms with Crippen molar-refractivity contribution in [1.29, 1.82) is 0 Å². The Balaban J connectivity index is 3.00. The minimum atomic E-state index is -0.101. The van der Waals surface area contributed by atoms with Crippen LogP contribution in [-0.4, -0.2) is 16.0 Å². The quantitative estimate of drug-likeness (QED) is 0.484. The largest absolute Gasteiger partial charge is 0.504 e. The monoisotopic (exact) mass is 182 g/mol. The van der Waals surface area contributed by atoms with E-state index < -0.39 is 0 Å². The summed E-state index contributed by atoms with van der Waals surface area (Å²) in [5.74, 6) is 0.418. The predicted octanol–water partition coefficient (Wildman–Crippen LogP) is 2.04. The first-order valence-corrected chi connectivity index (χ1v) is 4.17. The molecule has 0 bridgehead atoms. The molecule has 0 saturated carbocycles. The van der Waals surface area contributed by atoms with Crippen molar-refractivity contribution in [1.82, 2.24) is 0 Å². The number of phenols is 2. The average Bonchev–Trinajstić information content (AvgIpc) is 2.08. The van der Waals surface area contributed by atoms with Crippen molar-refractivity contribution in [2.75, 3.05) is 5.75 Å². The zero-order valence-corrected chi connectivity index (χ0v) is 7.33. The summed E-state index contributed by atoms with van der Waals surface area (Å²) in [7, 11) is 0. The molecule has 0 spiro atoms. The van der Waals surface area contributed by atoms with Gasteiger partial charge in [0.1, 0.15) is 0 Å². The van der Waals surface area contributed by atoms with Crippen LogP contribution in [0, 0.1) is 0 Å². The first kappa shape index (κ1) is 9.00. The Labute approximate surface area is 76.6 Å². The van der Waals surface area contributed by atoms with E-state index in [0.717, 1.165) is 0 Å². The van der Waals surface area contributed by atoms with E-state index in [1.807, 2.05) is 0 Å². The highest BCUT2D eigenvalue weighted by molar-refractivity contribution is 7.80. The zero-order chi connectivity index (χ0) is 8.97.